The number of benzene rings is 1. The van der Waals surface area contributed by atoms with E-state index in [1.807, 2.05) is 0 Å². The molecule has 31 heavy (non-hydrogen) atoms. The minimum absolute atomic E-state index is 0.0445. The molecular weight excluding hydrogens is 394 g/mol. The van der Waals surface area contributed by atoms with Gasteiger partial charge in [0.2, 0.25) is 0 Å². The normalized spacial score (nSPS) is 29.6. The molecule has 2 heterocycles. The highest BCUT2D eigenvalue weighted by Crippen LogP contribution is 2.61. The molecule has 0 unspecified atom stereocenters. The van der Waals surface area contributed by atoms with Crippen LogP contribution >= 0.6 is 0 Å². The molecule has 1 aromatic carbocycles. The van der Waals surface area contributed by atoms with Crippen molar-refractivity contribution in [1.82, 2.24) is 19.5 Å². The van der Waals surface area contributed by atoms with Crippen molar-refractivity contribution in [3.8, 4) is 17.2 Å². The molecule has 0 amide bonds. The van der Waals surface area contributed by atoms with Gasteiger partial charge in [-0.2, -0.15) is 0 Å². The molecule has 2 aromatic heterocycles. The number of phenols is 2. The average molecular weight is 419 g/mol. The average Bonchev–Trinajstić information content (AvgIpc) is 3.37. The van der Waals surface area contributed by atoms with E-state index >= 15 is 0 Å². The largest absolute Gasteiger partial charge is 0.504 e. The SMILES string of the molecule is C[C@]12CC[C@@H]3c4c(-n5cnc(=N)c6[nH]cnc65)cc(O)c(O)c4CC[C@H]3[C@@H]1CCC2=O. The van der Waals surface area contributed by atoms with Crippen LogP contribution in [0.5, 0.6) is 11.5 Å². The number of hydrogen-bond donors (Lipinski definition) is 4. The van der Waals surface area contributed by atoms with Gasteiger partial charge in [0.25, 0.3) is 0 Å². The number of phenolic OH excluding ortho intramolecular Hbond substituents is 2. The highest BCUT2D eigenvalue weighted by Gasteiger charge is 2.55. The standard InChI is InChI=1S/C23H25N5O3/c1-23-7-6-12-11(14(23)4-5-17(23)30)2-3-13-18(12)15(8-16(29)20(13)31)28-10-27-21(24)19-22(28)26-9-25-19/h8-12,14,24,29,31H,2-7H2,1H3,(H,25,26)/t11-,12+,14+,23+/m1/s1. The van der Waals surface area contributed by atoms with E-state index in [4.69, 9.17) is 5.41 Å². The molecule has 6 rings (SSSR count). The second-order valence-corrected chi connectivity index (χ2v) is 9.55. The molecule has 3 aliphatic carbocycles. The van der Waals surface area contributed by atoms with E-state index in [9.17, 15) is 15.0 Å². The second-order valence-electron chi connectivity index (χ2n) is 9.55. The number of aromatic nitrogens is 4. The molecule has 0 saturated heterocycles. The van der Waals surface area contributed by atoms with Crippen molar-refractivity contribution in [1.29, 1.82) is 5.41 Å². The molecule has 2 saturated carbocycles. The number of rotatable bonds is 1. The van der Waals surface area contributed by atoms with Crippen molar-refractivity contribution >= 4 is 16.9 Å². The van der Waals surface area contributed by atoms with E-state index in [2.05, 4.69) is 21.9 Å². The minimum atomic E-state index is -0.227. The Kier molecular flexibility index (Phi) is 3.71. The Balaban J connectivity index is 1.58. The molecule has 0 radical (unpaired) electrons. The van der Waals surface area contributed by atoms with Crippen molar-refractivity contribution in [2.24, 2.45) is 17.3 Å². The Labute approximate surface area is 178 Å². The lowest BCUT2D eigenvalue weighted by molar-refractivity contribution is -0.129. The second kappa shape index (κ2) is 6.18. The number of nitrogens with one attached hydrogen (secondary N) is 2. The number of H-pyrrole nitrogens is 1. The van der Waals surface area contributed by atoms with Gasteiger partial charge < -0.3 is 15.2 Å². The van der Waals surface area contributed by atoms with Crippen LogP contribution in [0.15, 0.2) is 18.7 Å². The number of carbonyl (C=O) groups excluding carboxylic acids is 1. The van der Waals surface area contributed by atoms with Crippen LogP contribution in [0.3, 0.4) is 0 Å². The Bertz CT molecular complexity index is 1310. The van der Waals surface area contributed by atoms with Crippen LogP contribution in [0.1, 0.15) is 56.1 Å². The van der Waals surface area contributed by atoms with Gasteiger partial charge in [0.1, 0.15) is 17.6 Å². The number of nitrogens with zero attached hydrogens (tertiary/aromatic N) is 3. The molecule has 3 aliphatic rings. The number of aromatic amines is 1. The van der Waals surface area contributed by atoms with Crippen molar-refractivity contribution in [3.63, 3.8) is 0 Å². The predicted octanol–water partition coefficient (Wildman–Crippen LogP) is 3.06. The van der Waals surface area contributed by atoms with Crippen LogP contribution in [0, 0.1) is 22.7 Å². The van der Waals surface area contributed by atoms with Crippen LogP contribution in [0.25, 0.3) is 16.9 Å². The predicted molar refractivity (Wildman–Crippen MR) is 112 cm³/mol. The Hall–Kier alpha value is -3.16. The van der Waals surface area contributed by atoms with Gasteiger partial charge in [-0.15, -0.1) is 0 Å². The van der Waals surface area contributed by atoms with Crippen LogP contribution in [0.2, 0.25) is 0 Å². The maximum Gasteiger partial charge on any atom is 0.173 e. The van der Waals surface area contributed by atoms with Crippen molar-refractivity contribution in [2.75, 3.05) is 0 Å². The lowest BCUT2D eigenvalue weighted by Crippen LogP contribution is -2.42. The van der Waals surface area contributed by atoms with Gasteiger partial charge in [0.15, 0.2) is 22.6 Å². The number of carbonyl (C=O) groups is 1. The highest BCUT2D eigenvalue weighted by atomic mass is 16.3. The number of Topliss-reactive ketones (excluding diaryl/α,β-unsaturated/α-hetero) is 1. The zero-order valence-corrected chi connectivity index (χ0v) is 17.4. The third-order valence-electron chi connectivity index (χ3n) is 8.29. The summed E-state index contributed by atoms with van der Waals surface area (Å²) in [5.74, 6) is 1.13. The zero-order chi connectivity index (χ0) is 21.5. The summed E-state index contributed by atoms with van der Waals surface area (Å²) in [6.45, 7) is 2.15. The van der Waals surface area contributed by atoms with E-state index in [0.29, 0.717) is 41.6 Å². The Morgan fingerprint density at radius 3 is 2.90 bits per heavy atom. The number of fused-ring (bicyclic) bond motifs is 6. The summed E-state index contributed by atoms with van der Waals surface area (Å²) in [5.41, 5.74) is 3.53. The number of ketones is 1. The molecule has 160 valence electrons. The molecule has 8 heteroatoms. The maximum absolute atomic E-state index is 12.7. The fourth-order valence-electron chi connectivity index (χ4n) is 6.76. The monoisotopic (exact) mass is 419 g/mol. The zero-order valence-electron chi connectivity index (χ0n) is 17.4. The third kappa shape index (κ3) is 2.36. The summed E-state index contributed by atoms with van der Waals surface area (Å²) in [7, 11) is 0. The van der Waals surface area contributed by atoms with E-state index < -0.39 is 0 Å². The lowest BCUT2D eigenvalue weighted by atomic mass is 9.55. The lowest BCUT2D eigenvalue weighted by Gasteiger charge is -2.48. The smallest absolute Gasteiger partial charge is 0.173 e. The maximum atomic E-state index is 12.7. The first-order valence-electron chi connectivity index (χ1n) is 11.0. The molecular formula is C23H25N5O3. The van der Waals surface area contributed by atoms with E-state index in [1.54, 1.807) is 17.0 Å². The van der Waals surface area contributed by atoms with E-state index in [0.717, 1.165) is 42.5 Å². The summed E-state index contributed by atoms with van der Waals surface area (Å²) in [6, 6.07) is 1.59. The number of imidazole rings is 1. The van der Waals surface area contributed by atoms with Gasteiger partial charge in [0.05, 0.1) is 12.0 Å². The Morgan fingerprint density at radius 2 is 2.06 bits per heavy atom. The van der Waals surface area contributed by atoms with Gasteiger partial charge in [-0.3, -0.25) is 14.8 Å². The molecule has 2 fully saturated rings. The van der Waals surface area contributed by atoms with Crippen LogP contribution < -0.4 is 5.49 Å². The van der Waals surface area contributed by atoms with Gasteiger partial charge >= 0.3 is 0 Å². The molecule has 4 atom stereocenters. The van der Waals surface area contributed by atoms with Gasteiger partial charge in [-0.25, -0.2) is 9.97 Å². The van der Waals surface area contributed by atoms with Gasteiger partial charge in [-0.1, -0.05) is 6.92 Å². The van der Waals surface area contributed by atoms with Crippen molar-refractivity contribution in [3.05, 3.63) is 35.3 Å². The molecule has 3 aromatic rings. The van der Waals surface area contributed by atoms with Crippen molar-refractivity contribution in [2.45, 2.75) is 51.4 Å². The summed E-state index contributed by atoms with van der Waals surface area (Å²) in [4.78, 5) is 24.2. The first-order chi connectivity index (χ1) is 14.9. The number of aromatic hydroxyl groups is 2. The Morgan fingerprint density at radius 1 is 1.23 bits per heavy atom. The quantitative estimate of drug-likeness (QED) is 0.451. The van der Waals surface area contributed by atoms with Crippen molar-refractivity contribution < 1.29 is 15.0 Å². The molecule has 0 aliphatic heterocycles. The van der Waals surface area contributed by atoms with E-state index in [1.165, 1.54) is 6.33 Å². The summed E-state index contributed by atoms with van der Waals surface area (Å²) < 4.78 is 1.80. The van der Waals surface area contributed by atoms with Crippen LogP contribution in [-0.4, -0.2) is 35.5 Å². The fourth-order valence-corrected chi connectivity index (χ4v) is 6.76. The molecule has 0 bridgehead atoms. The highest BCUT2D eigenvalue weighted by molar-refractivity contribution is 5.87. The summed E-state index contributed by atoms with van der Waals surface area (Å²) in [6.07, 6.45) is 8.01. The summed E-state index contributed by atoms with van der Waals surface area (Å²) in [5, 5.41) is 29.3. The third-order valence-corrected chi connectivity index (χ3v) is 8.29. The molecule has 4 N–H and O–H groups in total. The fraction of sp³-hybridized carbons (Fsp3) is 0.478. The number of hydrogen-bond acceptors (Lipinski definition) is 6. The first-order valence-corrected chi connectivity index (χ1v) is 11.0. The van der Waals surface area contributed by atoms with Gasteiger partial charge in [0, 0.05) is 23.5 Å². The topological polar surface area (TPSA) is 128 Å². The van der Waals surface area contributed by atoms with E-state index in [-0.39, 0.29) is 28.3 Å². The summed E-state index contributed by atoms with van der Waals surface area (Å²) >= 11 is 0. The van der Waals surface area contributed by atoms with Gasteiger partial charge in [-0.05, 0) is 55.4 Å². The van der Waals surface area contributed by atoms with Crippen LogP contribution in [0.4, 0.5) is 0 Å². The molecule has 8 nitrogen and oxygen atoms in total. The minimum Gasteiger partial charge on any atom is -0.504 e. The first kappa shape index (κ1) is 18.6. The van der Waals surface area contributed by atoms with Crippen LogP contribution in [-0.2, 0) is 11.2 Å². The molecule has 0 spiro atoms.